The Labute approximate surface area is 140 Å². The highest BCUT2D eigenvalue weighted by atomic mass is 32.2. The average molecular weight is 349 g/mol. The molecule has 0 N–H and O–H groups in total. The molecule has 122 valence electrons. The van der Waals surface area contributed by atoms with Crippen molar-refractivity contribution in [2.45, 2.75) is 35.5 Å². The van der Waals surface area contributed by atoms with Gasteiger partial charge < -0.3 is 4.74 Å². The van der Waals surface area contributed by atoms with E-state index in [4.69, 9.17) is 4.74 Å². The Balaban J connectivity index is 1.50. The summed E-state index contributed by atoms with van der Waals surface area (Å²) in [6.45, 7) is 1.06. The van der Waals surface area contributed by atoms with E-state index in [0.29, 0.717) is 17.3 Å². The van der Waals surface area contributed by atoms with Crippen molar-refractivity contribution in [3.8, 4) is 5.75 Å². The Morgan fingerprint density at radius 2 is 1.83 bits per heavy atom. The Morgan fingerprint density at radius 1 is 1.04 bits per heavy atom. The number of aryl methyl sites for hydroxylation is 1. The van der Waals surface area contributed by atoms with E-state index in [1.807, 2.05) is 18.2 Å². The minimum atomic E-state index is -3.34. The Kier molecular flexibility index (Phi) is 3.70. The number of hydrogen-bond donors (Lipinski definition) is 0. The molecule has 0 radical (unpaired) electrons. The van der Waals surface area contributed by atoms with Crippen LogP contribution in [0, 0.1) is 0 Å². The number of hydrogen-bond acceptors (Lipinski definition) is 4. The molecular weight excluding hydrogens is 330 g/mol. The van der Waals surface area contributed by atoms with Gasteiger partial charge in [0.05, 0.1) is 0 Å². The van der Waals surface area contributed by atoms with Crippen LogP contribution in [0.15, 0.2) is 46.0 Å². The van der Waals surface area contributed by atoms with E-state index in [9.17, 15) is 8.42 Å². The highest BCUT2D eigenvalue weighted by Crippen LogP contribution is 2.40. The van der Waals surface area contributed by atoms with Gasteiger partial charge in [0.25, 0.3) is 10.0 Å². The average Bonchev–Trinajstić information content (AvgIpc) is 3.10. The molecule has 0 atom stereocenters. The van der Waals surface area contributed by atoms with Crippen LogP contribution in [-0.2, 0) is 16.4 Å². The lowest BCUT2D eigenvalue weighted by Gasteiger charge is -2.44. The van der Waals surface area contributed by atoms with Crippen LogP contribution in [0.5, 0.6) is 5.75 Å². The van der Waals surface area contributed by atoms with Crippen LogP contribution in [0.3, 0.4) is 0 Å². The number of sulfonamides is 1. The number of piperidine rings is 1. The Hall–Kier alpha value is -1.37. The lowest BCUT2D eigenvalue weighted by molar-refractivity contribution is 0.00184. The number of ether oxygens (including phenoxy) is 1. The first-order valence-corrected chi connectivity index (χ1v) is 10.2. The van der Waals surface area contributed by atoms with E-state index in [2.05, 4.69) is 6.07 Å². The molecule has 2 aliphatic heterocycles. The van der Waals surface area contributed by atoms with Crippen molar-refractivity contribution in [3.63, 3.8) is 0 Å². The molecule has 4 nitrogen and oxygen atoms in total. The Morgan fingerprint density at radius 3 is 2.57 bits per heavy atom. The second-order valence-electron chi connectivity index (χ2n) is 6.23. The van der Waals surface area contributed by atoms with Gasteiger partial charge in [0.2, 0.25) is 0 Å². The summed E-state index contributed by atoms with van der Waals surface area (Å²) in [4.78, 5) is 0. The zero-order chi connectivity index (χ0) is 15.9. The molecule has 0 aliphatic carbocycles. The zero-order valence-electron chi connectivity index (χ0n) is 12.8. The molecule has 23 heavy (non-hydrogen) atoms. The van der Waals surface area contributed by atoms with Gasteiger partial charge >= 0.3 is 0 Å². The molecule has 0 unspecified atom stereocenters. The summed E-state index contributed by atoms with van der Waals surface area (Å²) >= 11 is 1.28. The van der Waals surface area contributed by atoms with Gasteiger partial charge in [-0.3, -0.25) is 0 Å². The monoisotopic (exact) mass is 349 g/mol. The number of thiophene rings is 1. The fourth-order valence-corrected chi connectivity index (χ4v) is 6.07. The second-order valence-corrected chi connectivity index (χ2v) is 9.34. The van der Waals surface area contributed by atoms with Crippen LogP contribution in [0.1, 0.15) is 24.8 Å². The van der Waals surface area contributed by atoms with Crippen LogP contribution < -0.4 is 4.74 Å². The third kappa shape index (κ3) is 2.69. The summed E-state index contributed by atoms with van der Waals surface area (Å²) in [5.41, 5.74) is 1.06. The topological polar surface area (TPSA) is 46.6 Å². The molecule has 2 aromatic rings. The largest absolute Gasteiger partial charge is 0.487 e. The van der Waals surface area contributed by atoms with Crippen molar-refractivity contribution in [2.75, 3.05) is 13.1 Å². The van der Waals surface area contributed by atoms with Gasteiger partial charge in [-0.15, -0.1) is 11.3 Å². The van der Waals surface area contributed by atoms with Crippen molar-refractivity contribution in [3.05, 3.63) is 47.3 Å². The summed E-state index contributed by atoms with van der Waals surface area (Å²) < 4.78 is 33.6. The van der Waals surface area contributed by atoms with E-state index in [0.717, 1.165) is 31.4 Å². The minimum Gasteiger partial charge on any atom is -0.487 e. The molecule has 6 heteroatoms. The summed E-state index contributed by atoms with van der Waals surface area (Å²) in [6.07, 6.45) is 3.49. The van der Waals surface area contributed by atoms with Gasteiger partial charge in [-0.2, -0.15) is 4.31 Å². The van der Waals surface area contributed by atoms with Crippen LogP contribution in [0.25, 0.3) is 0 Å². The summed E-state index contributed by atoms with van der Waals surface area (Å²) in [6, 6.07) is 11.6. The van der Waals surface area contributed by atoms with Gasteiger partial charge in [-0.25, -0.2) is 8.42 Å². The minimum absolute atomic E-state index is 0.199. The van der Waals surface area contributed by atoms with Crippen LogP contribution in [0.2, 0.25) is 0 Å². The highest BCUT2D eigenvalue weighted by molar-refractivity contribution is 7.91. The van der Waals surface area contributed by atoms with Gasteiger partial charge in [0, 0.05) is 25.9 Å². The molecule has 3 heterocycles. The van der Waals surface area contributed by atoms with Gasteiger partial charge in [0.1, 0.15) is 15.6 Å². The van der Waals surface area contributed by atoms with Crippen LogP contribution in [0.4, 0.5) is 0 Å². The van der Waals surface area contributed by atoms with E-state index in [-0.39, 0.29) is 5.60 Å². The molecule has 1 aromatic carbocycles. The molecule has 0 bridgehead atoms. The number of nitrogens with zero attached hydrogens (tertiary/aromatic N) is 1. The number of fused-ring (bicyclic) bond motifs is 1. The van der Waals surface area contributed by atoms with E-state index >= 15 is 0 Å². The standard InChI is InChI=1S/C17H19NO3S2/c19-23(20,16-6-3-13-22-16)18-11-9-17(10-12-18)8-7-14-4-1-2-5-15(14)21-17/h1-6,13H,7-12H2. The van der Waals surface area contributed by atoms with Gasteiger partial charge in [-0.05, 0) is 35.9 Å². The fourth-order valence-electron chi connectivity index (χ4n) is 3.48. The smallest absolute Gasteiger partial charge is 0.252 e. The molecule has 1 saturated heterocycles. The zero-order valence-corrected chi connectivity index (χ0v) is 14.4. The molecule has 0 saturated carbocycles. The Bertz CT molecular complexity index is 791. The van der Waals surface area contributed by atoms with Crippen molar-refractivity contribution >= 4 is 21.4 Å². The normalized spacial score (nSPS) is 20.9. The molecule has 4 rings (SSSR count). The molecule has 1 spiro atoms. The summed E-state index contributed by atoms with van der Waals surface area (Å²) in [5.74, 6) is 0.966. The summed E-state index contributed by atoms with van der Waals surface area (Å²) in [5, 5.41) is 1.81. The van der Waals surface area contributed by atoms with Crippen molar-refractivity contribution < 1.29 is 13.2 Å². The number of para-hydroxylation sites is 1. The fraction of sp³-hybridized carbons (Fsp3) is 0.412. The molecule has 1 fully saturated rings. The van der Waals surface area contributed by atoms with Gasteiger partial charge in [0.15, 0.2) is 0 Å². The van der Waals surface area contributed by atoms with E-state index in [1.165, 1.54) is 16.9 Å². The number of rotatable bonds is 2. The second kappa shape index (κ2) is 5.61. The van der Waals surface area contributed by atoms with E-state index in [1.54, 1.807) is 21.8 Å². The maximum absolute atomic E-state index is 12.6. The highest BCUT2D eigenvalue weighted by Gasteiger charge is 2.42. The molecule has 0 amide bonds. The third-order valence-corrected chi connectivity index (χ3v) is 8.14. The maximum atomic E-state index is 12.6. The van der Waals surface area contributed by atoms with Crippen molar-refractivity contribution in [1.82, 2.24) is 4.31 Å². The van der Waals surface area contributed by atoms with Crippen LogP contribution >= 0.6 is 11.3 Å². The summed E-state index contributed by atoms with van der Waals surface area (Å²) in [7, 11) is -3.34. The predicted octanol–water partition coefficient (Wildman–Crippen LogP) is 3.30. The first-order valence-electron chi connectivity index (χ1n) is 7.90. The molecule has 1 aromatic heterocycles. The van der Waals surface area contributed by atoms with E-state index < -0.39 is 10.0 Å². The third-order valence-electron chi connectivity index (χ3n) is 4.87. The van der Waals surface area contributed by atoms with Gasteiger partial charge in [-0.1, -0.05) is 24.3 Å². The van der Waals surface area contributed by atoms with Crippen molar-refractivity contribution in [2.24, 2.45) is 0 Å². The first-order chi connectivity index (χ1) is 11.1. The molecular formula is C17H19NO3S2. The van der Waals surface area contributed by atoms with Crippen LogP contribution in [-0.4, -0.2) is 31.4 Å². The maximum Gasteiger partial charge on any atom is 0.252 e. The lowest BCUT2D eigenvalue weighted by Crippen LogP contribution is -2.51. The lowest BCUT2D eigenvalue weighted by atomic mass is 9.84. The predicted molar refractivity (Wildman–Crippen MR) is 90.4 cm³/mol. The van der Waals surface area contributed by atoms with Crippen molar-refractivity contribution in [1.29, 1.82) is 0 Å². The first kappa shape index (κ1) is 15.2. The molecule has 2 aliphatic rings. The SMILES string of the molecule is O=S(=O)(c1cccs1)N1CCC2(CCc3ccccc3O2)CC1. The quantitative estimate of drug-likeness (QED) is 0.836. The number of benzene rings is 1.